The first-order valence-corrected chi connectivity index (χ1v) is 6.56. The van der Waals surface area contributed by atoms with Gasteiger partial charge in [-0.2, -0.15) is 0 Å². The van der Waals surface area contributed by atoms with Crippen molar-refractivity contribution in [2.24, 2.45) is 5.92 Å². The van der Waals surface area contributed by atoms with Crippen LogP contribution in [0.25, 0.3) is 0 Å². The Kier molecular flexibility index (Phi) is 4.31. The molecule has 1 saturated heterocycles. The number of aryl methyl sites for hydroxylation is 1. The minimum atomic E-state index is 0.649. The zero-order chi connectivity index (χ0) is 12.1. The predicted molar refractivity (Wildman–Crippen MR) is 70.3 cm³/mol. The molecule has 1 aromatic rings. The monoisotopic (exact) mass is 234 g/mol. The molecule has 4 heteroatoms. The molecule has 0 aliphatic carbocycles. The third-order valence-corrected chi connectivity index (χ3v) is 3.10. The van der Waals surface area contributed by atoms with Crippen molar-refractivity contribution in [3.63, 3.8) is 0 Å². The van der Waals surface area contributed by atoms with Gasteiger partial charge in [-0.3, -0.25) is 0 Å². The minimum absolute atomic E-state index is 0.649. The van der Waals surface area contributed by atoms with Gasteiger partial charge < -0.3 is 10.2 Å². The van der Waals surface area contributed by atoms with Gasteiger partial charge in [0.25, 0.3) is 0 Å². The molecule has 1 aromatic heterocycles. The molecule has 0 spiro atoms. The van der Waals surface area contributed by atoms with E-state index in [1.807, 2.05) is 12.4 Å². The van der Waals surface area contributed by atoms with E-state index in [9.17, 15) is 0 Å². The van der Waals surface area contributed by atoms with Crippen LogP contribution in [0.1, 0.15) is 25.8 Å². The molecule has 94 valence electrons. The Hall–Kier alpha value is -1.16. The van der Waals surface area contributed by atoms with Gasteiger partial charge in [-0.25, -0.2) is 9.97 Å². The molecule has 1 unspecified atom stereocenters. The molecule has 0 saturated carbocycles. The van der Waals surface area contributed by atoms with Crippen LogP contribution in [0, 0.1) is 5.92 Å². The van der Waals surface area contributed by atoms with Gasteiger partial charge in [-0.1, -0.05) is 20.3 Å². The largest absolute Gasteiger partial charge is 0.339 e. The first-order valence-electron chi connectivity index (χ1n) is 6.56. The lowest BCUT2D eigenvalue weighted by Gasteiger charge is -2.22. The van der Waals surface area contributed by atoms with E-state index < -0.39 is 0 Å². The zero-order valence-corrected chi connectivity index (χ0v) is 10.8. The van der Waals surface area contributed by atoms with E-state index in [0.29, 0.717) is 5.92 Å². The number of hydrogen-bond acceptors (Lipinski definition) is 4. The van der Waals surface area contributed by atoms with Crippen LogP contribution in [0.15, 0.2) is 12.4 Å². The fourth-order valence-electron chi connectivity index (χ4n) is 2.21. The van der Waals surface area contributed by atoms with Gasteiger partial charge in [0.05, 0.1) is 0 Å². The molecule has 1 N–H and O–H groups in total. The van der Waals surface area contributed by atoms with Crippen molar-refractivity contribution in [1.82, 2.24) is 15.3 Å². The van der Waals surface area contributed by atoms with Gasteiger partial charge in [0.15, 0.2) is 0 Å². The molecule has 1 atom stereocenters. The number of nitrogens with zero attached hydrogens (tertiary/aromatic N) is 3. The number of anilines is 1. The van der Waals surface area contributed by atoms with Crippen molar-refractivity contribution in [2.45, 2.75) is 26.7 Å². The van der Waals surface area contributed by atoms with Gasteiger partial charge in [0, 0.05) is 32.0 Å². The second-order valence-corrected chi connectivity index (χ2v) is 4.90. The number of aromatic nitrogens is 2. The average molecular weight is 234 g/mol. The number of rotatable bonds is 3. The van der Waals surface area contributed by atoms with Crippen LogP contribution in [0.2, 0.25) is 0 Å². The Bertz CT molecular complexity index is 336. The predicted octanol–water partition coefficient (Wildman–Crippen LogP) is 1.47. The summed E-state index contributed by atoms with van der Waals surface area (Å²) in [4.78, 5) is 11.2. The van der Waals surface area contributed by atoms with Crippen LogP contribution in [-0.4, -0.2) is 36.1 Å². The fourth-order valence-corrected chi connectivity index (χ4v) is 2.21. The standard InChI is InChI=1S/C13H22N4/c1-3-4-12-8-15-13(16-9-12)17-6-5-14-7-11(2)10-17/h8-9,11,14H,3-7,10H2,1-2H3. The quantitative estimate of drug-likeness (QED) is 0.860. The molecule has 2 rings (SSSR count). The van der Waals surface area contributed by atoms with E-state index in [1.165, 1.54) is 5.56 Å². The smallest absolute Gasteiger partial charge is 0.225 e. The first-order chi connectivity index (χ1) is 8.29. The molecule has 0 bridgehead atoms. The molecule has 0 amide bonds. The van der Waals surface area contributed by atoms with E-state index >= 15 is 0 Å². The maximum Gasteiger partial charge on any atom is 0.225 e. The zero-order valence-electron chi connectivity index (χ0n) is 10.8. The lowest BCUT2D eigenvalue weighted by Crippen LogP contribution is -2.30. The summed E-state index contributed by atoms with van der Waals surface area (Å²) in [5.74, 6) is 1.52. The second kappa shape index (κ2) is 5.96. The van der Waals surface area contributed by atoms with Crippen molar-refractivity contribution in [1.29, 1.82) is 0 Å². The van der Waals surface area contributed by atoms with Crippen molar-refractivity contribution >= 4 is 5.95 Å². The maximum absolute atomic E-state index is 4.48. The van der Waals surface area contributed by atoms with Crippen molar-refractivity contribution in [2.75, 3.05) is 31.1 Å². The van der Waals surface area contributed by atoms with E-state index in [4.69, 9.17) is 0 Å². The number of nitrogens with one attached hydrogen (secondary N) is 1. The van der Waals surface area contributed by atoms with Crippen LogP contribution >= 0.6 is 0 Å². The van der Waals surface area contributed by atoms with Gasteiger partial charge in [0.2, 0.25) is 5.95 Å². The molecular weight excluding hydrogens is 212 g/mol. The Balaban J connectivity index is 2.04. The minimum Gasteiger partial charge on any atom is -0.339 e. The molecule has 2 heterocycles. The molecule has 1 aliphatic rings. The van der Waals surface area contributed by atoms with Crippen LogP contribution in [-0.2, 0) is 6.42 Å². The summed E-state index contributed by atoms with van der Waals surface area (Å²) in [6.45, 7) is 8.58. The Morgan fingerprint density at radius 3 is 2.88 bits per heavy atom. The number of hydrogen-bond donors (Lipinski definition) is 1. The molecule has 1 aliphatic heterocycles. The van der Waals surface area contributed by atoms with Crippen molar-refractivity contribution in [3.05, 3.63) is 18.0 Å². The normalized spacial score (nSPS) is 21.3. The van der Waals surface area contributed by atoms with Crippen LogP contribution < -0.4 is 10.2 Å². The second-order valence-electron chi connectivity index (χ2n) is 4.90. The third-order valence-electron chi connectivity index (χ3n) is 3.10. The summed E-state index contributed by atoms with van der Waals surface area (Å²) in [7, 11) is 0. The fraction of sp³-hybridized carbons (Fsp3) is 0.692. The molecule has 4 nitrogen and oxygen atoms in total. The lowest BCUT2D eigenvalue weighted by atomic mass is 10.2. The Morgan fingerprint density at radius 2 is 2.18 bits per heavy atom. The summed E-state index contributed by atoms with van der Waals surface area (Å²) < 4.78 is 0. The van der Waals surface area contributed by atoms with E-state index in [-0.39, 0.29) is 0 Å². The van der Waals surface area contributed by atoms with Gasteiger partial charge in [0.1, 0.15) is 0 Å². The molecule has 0 aromatic carbocycles. The third kappa shape index (κ3) is 3.40. The van der Waals surface area contributed by atoms with Gasteiger partial charge in [-0.15, -0.1) is 0 Å². The van der Waals surface area contributed by atoms with Crippen molar-refractivity contribution in [3.8, 4) is 0 Å². The molecule has 17 heavy (non-hydrogen) atoms. The highest BCUT2D eigenvalue weighted by Gasteiger charge is 2.16. The maximum atomic E-state index is 4.48. The van der Waals surface area contributed by atoms with E-state index in [2.05, 4.69) is 34.0 Å². The summed E-state index contributed by atoms with van der Waals surface area (Å²) in [5.41, 5.74) is 1.23. The SMILES string of the molecule is CCCc1cnc(N2CCNCC(C)C2)nc1. The van der Waals surface area contributed by atoms with E-state index in [1.54, 1.807) is 0 Å². The summed E-state index contributed by atoms with van der Waals surface area (Å²) in [6.07, 6.45) is 6.15. The summed E-state index contributed by atoms with van der Waals surface area (Å²) in [6, 6.07) is 0. The topological polar surface area (TPSA) is 41.1 Å². The first kappa shape index (κ1) is 12.3. The van der Waals surface area contributed by atoms with Crippen LogP contribution in [0.5, 0.6) is 0 Å². The lowest BCUT2D eigenvalue weighted by molar-refractivity contribution is 0.561. The van der Waals surface area contributed by atoms with Crippen LogP contribution in [0.4, 0.5) is 5.95 Å². The van der Waals surface area contributed by atoms with Crippen LogP contribution in [0.3, 0.4) is 0 Å². The van der Waals surface area contributed by atoms with E-state index in [0.717, 1.165) is 45.0 Å². The summed E-state index contributed by atoms with van der Waals surface area (Å²) >= 11 is 0. The highest BCUT2D eigenvalue weighted by atomic mass is 15.3. The average Bonchev–Trinajstić information content (AvgIpc) is 2.55. The van der Waals surface area contributed by atoms with Crippen molar-refractivity contribution < 1.29 is 0 Å². The van der Waals surface area contributed by atoms with Gasteiger partial charge in [-0.05, 0) is 24.4 Å². The molecular formula is C13H22N4. The highest BCUT2D eigenvalue weighted by molar-refractivity contribution is 5.30. The summed E-state index contributed by atoms with van der Waals surface area (Å²) in [5, 5.41) is 3.43. The molecule has 1 fully saturated rings. The Labute approximate surface area is 103 Å². The highest BCUT2D eigenvalue weighted by Crippen LogP contribution is 2.11. The molecule has 0 radical (unpaired) electrons. The van der Waals surface area contributed by atoms with Gasteiger partial charge >= 0.3 is 0 Å². The Morgan fingerprint density at radius 1 is 1.41 bits per heavy atom.